The molecule has 10 heavy (non-hydrogen) atoms. The summed E-state index contributed by atoms with van der Waals surface area (Å²) in [5.41, 5.74) is 1.21. The normalized spacial score (nSPS) is 11.3. The molecule has 0 radical (unpaired) electrons. The van der Waals surface area contributed by atoms with Crippen LogP contribution in [0, 0.1) is 0 Å². The maximum Gasteiger partial charge on any atom is 0.0916 e. The summed E-state index contributed by atoms with van der Waals surface area (Å²) in [6.45, 7) is 7.83. The minimum Gasteiger partial charge on any atom is -0.501 e. The summed E-state index contributed by atoms with van der Waals surface area (Å²) in [6, 6.07) is 0. The molecule has 0 spiro atoms. The van der Waals surface area contributed by atoms with Gasteiger partial charge in [0.1, 0.15) is 0 Å². The maximum atomic E-state index is 5.07. The molecular formula is C9H16O. The third-order valence-electron chi connectivity index (χ3n) is 1.38. The summed E-state index contributed by atoms with van der Waals surface area (Å²) in [5, 5.41) is 0. The van der Waals surface area contributed by atoms with Crippen molar-refractivity contribution < 1.29 is 4.74 Å². The van der Waals surface area contributed by atoms with Crippen LogP contribution in [0.4, 0.5) is 0 Å². The molecule has 0 aromatic rings. The van der Waals surface area contributed by atoms with Crippen LogP contribution in [0.3, 0.4) is 0 Å². The zero-order valence-electron chi connectivity index (χ0n) is 7.11. The molecule has 0 aromatic heterocycles. The molecule has 1 nitrogen and oxygen atoms in total. The topological polar surface area (TPSA) is 9.23 Å². The third kappa shape index (κ3) is 4.19. The fourth-order valence-electron chi connectivity index (χ4n) is 0.701. The molecule has 0 atom stereocenters. The summed E-state index contributed by atoms with van der Waals surface area (Å²) in [7, 11) is 1.70. The molecule has 0 amide bonds. The molecule has 0 unspecified atom stereocenters. The summed E-state index contributed by atoms with van der Waals surface area (Å²) in [5.74, 6) is 1.04. The Morgan fingerprint density at radius 2 is 2.10 bits per heavy atom. The summed E-state index contributed by atoms with van der Waals surface area (Å²) >= 11 is 0. The van der Waals surface area contributed by atoms with Crippen molar-refractivity contribution in [2.75, 3.05) is 7.11 Å². The SMILES string of the molecule is C=C(C)CCC(=CC)OC. The zero-order valence-corrected chi connectivity index (χ0v) is 7.11. The van der Waals surface area contributed by atoms with Gasteiger partial charge in [0.05, 0.1) is 12.9 Å². The average molecular weight is 140 g/mol. The fourth-order valence-corrected chi connectivity index (χ4v) is 0.701. The number of hydrogen-bond donors (Lipinski definition) is 0. The minimum absolute atomic E-state index is 0.975. The predicted octanol–water partition coefficient (Wildman–Crippen LogP) is 2.89. The molecule has 1 heteroatoms. The highest BCUT2D eigenvalue weighted by atomic mass is 16.5. The van der Waals surface area contributed by atoms with Crippen LogP contribution in [-0.2, 0) is 4.74 Å². The van der Waals surface area contributed by atoms with Crippen molar-refractivity contribution in [3.05, 3.63) is 24.0 Å². The highest BCUT2D eigenvalue weighted by Crippen LogP contribution is 2.09. The van der Waals surface area contributed by atoms with Gasteiger partial charge in [-0.05, 0) is 26.3 Å². The molecule has 0 aliphatic heterocycles. The van der Waals surface area contributed by atoms with Crippen LogP contribution < -0.4 is 0 Å². The van der Waals surface area contributed by atoms with Crippen molar-refractivity contribution in [2.24, 2.45) is 0 Å². The summed E-state index contributed by atoms with van der Waals surface area (Å²) in [4.78, 5) is 0. The fraction of sp³-hybridized carbons (Fsp3) is 0.556. The predicted molar refractivity (Wildman–Crippen MR) is 44.8 cm³/mol. The van der Waals surface area contributed by atoms with Crippen molar-refractivity contribution in [1.29, 1.82) is 0 Å². The van der Waals surface area contributed by atoms with E-state index in [-0.39, 0.29) is 0 Å². The molecule has 0 aliphatic rings. The Kier molecular flexibility index (Phi) is 4.73. The summed E-state index contributed by atoms with van der Waals surface area (Å²) < 4.78 is 5.07. The number of ether oxygens (including phenoxy) is 1. The molecule has 0 saturated carbocycles. The van der Waals surface area contributed by atoms with Crippen LogP contribution in [0.15, 0.2) is 24.0 Å². The van der Waals surface area contributed by atoms with Gasteiger partial charge in [0.25, 0.3) is 0 Å². The molecule has 0 aliphatic carbocycles. The van der Waals surface area contributed by atoms with Gasteiger partial charge in [0.2, 0.25) is 0 Å². The average Bonchev–Trinajstić information content (AvgIpc) is 1.90. The van der Waals surface area contributed by atoms with Gasteiger partial charge in [-0.25, -0.2) is 0 Å². The number of methoxy groups -OCH3 is 1. The van der Waals surface area contributed by atoms with E-state index in [2.05, 4.69) is 6.58 Å². The van der Waals surface area contributed by atoms with E-state index in [1.165, 1.54) is 5.57 Å². The van der Waals surface area contributed by atoms with Crippen molar-refractivity contribution >= 4 is 0 Å². The van der Waals surface area contributed by atoms with Crippen LogP contribution in [0.1, 0.15) is 26.7 Å². The van der Waals surface area contributed by atoms with Gasteiger partial charge in [-0.2, -0.15) is 0 Å². The molecule has 0 saturated heterocycles. The Bertz CT molecular complexity index is 134. The quantitative estimate of drug-likeness (QED) is 0.431. The number of allylic oxidation sites excluding steroid dienone is 3. The van der Waals surface area contributed by atoms with Crippen LogP contribution in [0.25, 0.3) is 0 Å². The van der Waals surface area contributed by atoms with E-state index in [1.54, 1.807) is 7.11 Å². The first-order valence-electron chi connectivity index (χ1n) is 3.54. The third-order valence-corrected chi connectivity index (χ3v) is 1.38. The Labute approximate surface area is 63.4 Å². The van der Waals surface area contributed by atoms with Crippen LogP contribution in [0.2, 0.25) is 0 Å². The van der Waals surface area contributed by atoms with Crippen molar-refractivity contribution in [3.63, 3.8) is 0 Å². The van der Waals surface area contributed by atoms with Gasteiger partial charge in [0, 0.05) is 6.42 Å². The lowest BCUT2D eigenvalue weighted by Crippen LogP contribution is -1.86. The molecule has 0 heterocycles. The van der Waals surface area contributed by atoms with Gasteiger partial charge in [-0.1, -0.05) is 5.57 Å². The first kappa shape index (κ1) is 9.28. The summed E-state index contributed by atoms with van der Waals surface area (Å²) in [6.07, 6.45) is 3.98. The number of hydrogen-bond acceptors (Lipinski definition) is 1. The van der Waals surface area contributed by atoms with Gasteiger partial charge >= 0.3 is 0 Å². The maximum absolute atomic E-state index is 5.07. The monoisotopic (exact) mass is 140 g/mol. The van der Waals surface area contributed by atoms with Crippen molar-refractivity contribution in [3.8, 4) is 0 Å². The Balaban J connectivity index is 3.56. The highest BCUT2D eigenvalue weighted by Gasteiger charge is 1.93. The molecule has 58 valence electrons. The molecule has 0 fully saturated rings. The first-order valence-corrected chi connectivity index (χ1v) is 3.54. The lowest BCUT2D eigenvalue weighted by molar-refractivity contribution is 0.276. The molecule has 0 aromatic carbocycles. The second-order valence-corrected chi connectivity index (χ2v) is 2.42. The van der Waals surface area contributed by atoms with E-state index in [0.29, 0.717) is 0 Å². The lowest BCUT2D eigenvalue weighted by atomic mass is 10.1. The Morgan fingerprint density at radius 1 is 1.50 bits per heavy atom. The van der Waals surface area contributed by atoms with E-state index in [0.717, 1.165) is 18.6 Å². The van der Waals surface area contributed by atoms with Gasteiger partial charge in [-0.15, -0.1) is 6.58 Å². The lowest BCUT2D eigenvalue weighted by Gasteiger charge is -2.03. The zero-order chi connectivity index (χ0) is 7.98. The highest BCUT2D eigenvalue weighted by molar-refractivity contribution is 4.97. The molecular weight excluding hydrogens is 124 g/mol. The molecule has 0 N–H and O–H groups in total. The van der Waals surface area contributed by atoms with E-state index in [9.17, 15) is 0 Å². The Hall–Kier alpha value is -0.720. The standard InChI is InChI=1S/C9H16O/c1-5-9(10-4)7-6-8(2)3/h5H,2,6-7H2,1,3-4H3. The first-order chi connectivity index (χ1) is 4.70. The smallest absolute Gasteiger partial charge is 0.0916 e. The van der Waals surface area contributed by atoms with E-state index >= 15 is 0 Å². The minimum atomic E-state index is 0.975. The number of rotatable bonds is 4. The van der Waals surface area contributed by atoms with Gasteiger partial charge in [-0.3, -0.25) is 0 Å². The van der Waals surface area contributed by atoms with Gasteiger partial charge < -0.3 is 4.74 Å². The van der Waals surface area contributed by atoms with Crippen molar-refractivity contribution in [1.82, 2.24) is 0 Å². The van der Waals surface area contributed by atoms with E-state index in [1.807, 2.05) is 19.9 Å². The van der Waals surface area contributed by atoms with Crippen LogP contribution in [-0.4, -0.2) is 7.11 Å². The van der Waals surface area contributed by atoms with Crippen LogP contribution in [0.5, 0.6) is 0 Å². The second kappa shape index (κ2) is 5.10. The molecule has 0 bridgehead atoms. The largest absolute Gasteiger partial charge is 0.501 e. The second-order valence-electron chi connectivity index (χ2n) is 2.42. The van der Waals surface area contributed by atoms with E-state index < -0.39 is 0 Å². The van der Waals surface area contributed by atoms with Gasteiger partial charge in [0.15, 0.2) is 0 Å². The van der Waals surface area contributed by atoms with E-state index in [4.69, 9.17) is 4.74 Å². The van der Waals surface area contributed by atoms with Crippen LogP contribution >= 0.6 is 0 Å². The Morgan fingerprint density at radius 3 is 2.40 bits per heavy atom. The van der Waals surface area contributed by atoms with Crippen molar-refractivity contribution in [2.45, 2.75) is 26.7 Å². The molecule has 0 rings (SSSR count).